The number of nitrogens with one attached hydrogen (secondary N) is 2. The van der Waals surface area contributed by atoms with Gasteiger partial charge in [0, 0.05) is 31.8 Å². The highest BCUT2D eigenvalue weighted by Gasteiger charge is 2.44. The highest BCUT2D eigenvalue weighted by molar-refractivity contribution is 7.13. The number of aliphatic hydroxyl groups is 1. The van der Waals surface area contributed by atoms with Crippen molar-refractivity contribution in [1.82, 2.24) is 20.5 Å². The van der Waals surface area contributed by atoms with Crippen LogP contribution in [0.2, 0.25) is 5.02 Å². The topological polar surface area (TPSA) is 190 Å². The third kappa shape index (κ3) is 11.0. The molecular weight excluding hydrogens is 704 g/mol. The average molecular weight is 755 g/mol. The number of primary amides is 1. The van der Waals surface area contributed by atoms with Gasteiger partial charge in [0.25, 0.3) is 0 Å². The molecule has 2 aromatic carbocycles. The van der Waals surface area contributed by atoms with E-state index in [4.69, 9.17) is 27.8 Å². The number of aromatic nitrogens is 1. The number of hydrogen-bond acceptors (Lipinski definition) is 9. The van der Waals surface area contributed by atoms with Gasteiger partial charge in [0.05, 0.1) is 33.3 Å². The molecule has 5 atom stereocenters. The number of β-amino-alcohol motifs (C(OH)–C–C–N with tert-alkyl or cyclic N) is 1. The maximum absolute atomic E-state index is 14.0. The van der Waals surface area contributed by atoms with Gasteiger partial charge in [0.15, 0.2) is 0 Å². The van der Waals surface area contributed by atoms with Crippen LogP contribution in [0.1, 0.15) is 82.7 Å². The first kappa shape index (κ1) is 40.7. The van der Waals surface area contributed by atoms with Crippen molar-refractivity contribution in [3.63, 3.8) is 0 Å². The Morgan fingerprint density at radius 3 is 2.46 bits per heavy atom. The fraction of sp³-hybridized carbons (Fsp3) is 0.500. The molecule has 52 heavy (non-hydrogen) atoms. The number of amides is 4. The third-order valence-electron chi connectivity index (χ3n) is 9.17. The van der Waals surface area contributed by atoms with E-state index in [2.05, 4.69) is 15.6 Å². The number of nitrogens with two attached hydrogens (primary N) is 2. The number of carbonyl (C=O) groups excluding carboxylic acids is 4. The van der Waals surface area contributed by atoms with E-state index in [1.807, 2.05) is 70.5 Å². The van der Waals surface area contributed by atoms with Gasteiger partial charge in [-0.1, -0.05) is 68.8 Å². The molecule has 14 heteroatoms. The van der Waals surface area contributed by atoms with Crippen molar-refractivity contribution in [2.24, 2.45) is 16.9 Å². The zero-order valence-electron chi connectivity index (χ0n) is 30.5. The number of nitrogens with zero attached hydrogens (tertiary/aromatic N) is 2. The molecule has 1 fully saturated rings. The minimum atomic E-state index is -0.931. The minimum absolute atomic E-state index is 0.0103. The van der Waals surface area contributed by atoms with Crippen LogP contribution in [0.25, 0.3) is 10.4 Å². The van der Waals surface area contributed by atoms with Crippen molar-refractivity contribution in [3.8, 4) is 16.2 Å². The fourth-order valence-corrected chi connectivity index (χ4v) is 7.24. The Morgan fingerprint density at radius 1 is 1.12 bits per heavy atom. The number of carbonyl (C=O) groups is 4. The summed E-state index contributed by atoms with van der Waals surface area (Å²) in [6, 6.07) is 10.8. The number of aliphatic hydroxyl groups excluding tert-OH is 1. The summed E-state index contributed by atoms with van der Waals surface area (Å²) in [5.41, 5.74) is 16.0. The first-order valence-electron chi connectivity index (χ1n) is 17.6. The van der Waals surface area contributed by atoms with Gasteiger partial charge in [-0.3, -0.25) is 19.2 Å². The predicted octanol–water partition coefficient (Wildman–Crippen LogP) is 4.44. The molecule has 4 rings (SSSR count). The fourth-order valence-electron chi connectivity index (χ4n) is 6.16. The number of likely N-dealkylation sites (tertiary alicyclic amines) is 1. The van der Waals surface area contributed by atoms with Gasteiger partial charge in [-0.2, -0.15) is 0 Å². The summed E-state index contributed by atoms with van der Waals surface area (Å²) in [4.78, 5) is 58.7. The van der Waals surface area contributed by atoms with Gasteiger partial charge >= 0.3 is 0 Å². The zero-order valence-corrected chi connectivity index (χ0v) is 32.1. The van der Waals surface area contributed by atoms with Gasteiger partial charge in [-0.15, -0.1) is 11.3 Å². The lowest BCUT2D eigenvalue weighted by Gasteiger charge is -2.35. The maximum atomic E-state index is 14.0. The summed E-state index contributed by atoms with van der Waals surface area (Å²) in [7, 11) is 0. The molecule has 1 aliphatic rings. The molecular formula is C38H51ClN6O6S. The molecule has 12 nitrogen and oxygen atoms in total. The van der Waals surface area contributed by atoms with Gasteiger partial charge < -0.3 is 36.8 Å². The maximum Gasteiger partial charge on any atom is 0.246 e. The molecule has 3 aromatic rings. The first-order valence-corrected chi connectivity index (χ1v) is 18.8. The second-order valence-electron chi connectivity index (χ2n) is 14.5. The van der Waals surface area contributed by atoms with Crippen LogP contribution in [0, 0.1) is 12.3 Å². The minimum Gasteiger partial charge on any atom is -0.490 e. The van der Waals surface area contributed by atoms with Gasteiger partial charge in [-0.05, 0) is 61.3 Å². The van der Waals surface area contributed by atoms with Crippen LogP contribution in [0.15, 0.2) is 48.0 Å². The Hall–Kier alpha value is -4.04. The monoisotopic (exact) mass is 754 g/mol. The van der Waals surface area contributed by atoms with Crippen LogP contribution in [0.4, 0.5) is 0 Å². The van der Waals surface area contributed by atoms with E-state index in [9.17, 15) is 24.3 Å². The van der Waals surface area contributed by atoms with Crippen LogP contribution in [0.3, 0.4) is 0 Å². The number of ether oxygens (including phenoxy) is 1. The Labute approximate surface area is 314 Å². The van der Waals surface area contributed by atoms with Crippen molar-refractivity contribution in [3.05, 3.63) is 69.8 Å². The lowest BCUT2D eigenvalue weighted by Crippen LogP contribution is -2.57. The normalized spacial score (nSPS) is 17.7. The van der Waals surface area contributed by atoms with Crippen LogP contribution in [0.5, 0.6) is 5.75 Å². The molecule has 0 saturated carbocycles. The van der Waals surface area contributed by atoms with E-state index in [0.29, 0.717) is 30.0 Å². The molecule has 1 saturated heterocycles. The summed E-state index contributed by atoms with van der Waals surface area (Å²) >= 11 is 8.17. The summed E-state index contributed by atoms with van der Waals surface area (Å²) in [6.07, 6.45) is 0.860. The molecule has 4 amide bonds. The Balaban J connectivity index is 1.34. The molecule has 3 unspecified atom stereocenters. The predicted molar refractivity (Wildman–Crippen MR) is 203 cm³/mol. The standard InChI is InChI=1S/C38H51ClN6O6S/c1-22(24-12-14-26(15-13-24)34-23(2)42-21-52-34)43-36(49)29-18-28(46)19-45(29)37(50)35(38(3,4)5)44-32(48)11-7-9-25-8-6-10-30(33(25)39)51-20-27(40)16-17-31(41)47/h6,8,10,12-15,21-22,27-29,35,46H,7,9,11,16-20,40H2,1-5H3,(H2,41,47)(H,43,49)(H,44,48)/t22?,27?,28-,29-,35?/m0/s1. The van der Waals surface area contributed by atoms with Crippen LogP contribution in [-0.2, 0) is 25.6 Å². The van der Waals surface area contributed by atoms with E-state index in [0.717, 1.165) is 27.3 Å². The summed E-state index contributed by atoms with van der Waals surface area (Å²) < 4.78 is 5.78. The second kappa shape index (κ2) is 18.1. The van der Waals surface area contributed by atoms with Gasteiger partial charge in [0.2, 0.25) is 23.6 Å². The Bertz CT molecular complexity index is 1710. The van der Waals surface area contributed by atoms with Gasteiger partial charge in [0.1, 0.15) is 24.4 Å². The molecule has 7 N–H and O–H groups in total. The second-order valence-corrected chi connectivity index (χ2v) is 15.8. The van der Waals surface area contributed by atoms with E-state index in [1.165, 1.54) is 4.90 Å². The quantitative estimate of drug-likeness (QED) is 0.142. The molecule has 0 radical (unpaired) electrons. The van der Waals surface area contributed by atoms with E-state index in [1.54, 1.807) is 23.5 Å². The van der Waals surface area contributed by atoms with Crippen molar-refractivity contribution >= 4 is 46.6 Å². The number of halogens is 1. The molecule has 0 aliphatic carbocycles. The zero-order chi connectivity index (χ0) is 38.2. The molecule has 2 heterocycles. The lowest BCUT2D eigenvalue weighted by atomic mass is 9.85. The third-order valence-corrected chi connectivity index (χ3v) is 10.6. The Kier molecular flexibility index (Phi) is 14.2. The molecule has 1 aromatic heterocycles. The molecule has 0 bridgehead atoms. The van der Waals surface area contributed by atoms with Crippen LogP contribution >= 0.6 is 22.9 Å². The van der Waals surface area contributed by atoms with Crippen molar-refractivity contribution in [2.75, 3.05) is 13.2 Å². The smallest absolute Gasteiger partial charge is 0.246 e. The summed E-state index contributed by atoms with van der Waals surface area (Å²) in [5, 5.41) is 16.9. The molecule has 282 valence electrons. The first-order chi connectivity index (χ1) is 24.5. The molecule has 0 spiro atoms. The van der Waals surface area contributed by atoms with Crippen molar-refractivity contribution in [1.29, 1.82) is 0 Å². The lowest BCUT2D eigenvalue weighted by molar-refractivity contribution is -0.144. The van der Waals surface area contributed by atoms with Crippen LogP contribution < -0.4 is 26.8 Å². The average Bonchev–Trinajstić information content (AvgIpc) is 3.70. The number of aryl methyl sites for hydroxylation is 2. The van der Waals surface area contributed by atoms with Gasteiger partial charge in [-0.25, -0.2) is 4.98 Å². The number of rotatable bonds is 16. The highest BCUT2D eigenvalue weighted by Crippen LogP contribution is 2.31. The van der Waals surface area contributed by atoms with E-state index >= 15 is 0 Å². The number of thiazole rings is 1. The van der Waals surface area contributed by atoms with Crippen LogP contribution in [-0.4, -0.2) is 76.0 Å². The van der Waals surface area contributed by atoms with E-state index in [-0.39, 0.29) is 56.3 Å². The van der Waals surface area contributed by atoms with Crippen molar-refractivity contribution in [2.45, 2.75) is 103 Å². The summed E-state index contributed by atoms with van der Waals surface area (Å²) in [5.74, 6) is -1.07. The highest BCUT2D eigenvalue weighted by atomic mass is 35.5. The van der Waals surface area contributed by atoms with E-state index < -0.39 is 35.4 Å². The largest absolute Gasteiger partial charge is 0.490 e. The molecule has 1 aliphatic heterocycles. The Morgan fingerprint density at radius 2 is 1.83 bits per heavy atom. The number of benzene rings is 2. The van der Waals surface area contributed by atoms with Crippen molar-refractivity contribution < 1.29 is 29.0 Å². The SMILES string of the molecule is Cc1ncsc1-c1ccc(C(C)NC(=O)[C@@H]2C[C@H](O)CN2C(=O)C(NC(=O)CCCc2cccc(OCC(N)CCC(N)=O)c2Cl)C(C)(C)C)cc1. The number of hydrogen-bond donors (Lipinski definition) is 5. The summed E-state index contributed by atoms with van der Waals surface area (Å²) in [6.45, 7) is 9.55.